The van der Waals surface area contributed by atoms with E-state index in [0.29, 0.717) is 25.2 Å². The van der Waals surface area contributed by atoms with Gasteiger partial charge in [0.1, 0.15) is 6.29 Å². The Labute approximate surface area is 108 Å². The highest BCUT2D eigenvalue weighted by molar-refractivity contribution is 5.75. The number of esters is 1. The van der Waals surface area contributed by atoms with E-state index in [1.54, 1.807) is 6.92 Å². The number of aldehydes is 1. The summed E-state index contributed by atoms with van der Waals surface area (Å²) < 4.78 is 10.8. The summed E-state index contributed by atoms with van der Waals surface area (Å²) in [7, 11) is 0. The molecule has 2 aliphatic rings. The van der Waals surface area contributed by atoms with E-state index in [1.165, 1.54) is 12.8 Å². The highest BCUT2D eigenvalue weighted by Crippen LogP contribution is 2.41. The predicted molar refractivity (Wildman–Crippen MR) is 66.0 cm³/mol. The predicted octanol–water partition coefficient (Wildman–Crippen LogP) is 1.96. The summed E-state index contributed by atoms with van der Waals surface area (Å²) in [6.07, 6.45) is 5.67. The third-order valence-electron chi connectivity index (χ3n) is 4.01. The van der Waals surface area contributed by atoms with Gasteiger partial charge in [-0.15, -0.1) is 0 Å². The number of carbonyl (C=O) groups excluding carboxylic acids is 2. The summed E-state index contributed by atoms with van der Waals surface area (Å²) in [5.74, 6) is 0.444. The van der Waals surface area contributed by atoms with Crippen molar-refractivity contribution >= 4 is 12.3 Å². The Bertz CT molecular complexity index is 298. The molecule has 0 aromatic rings. The molecule has 2 rings (SSSR count). The molecule has 4 nitrogen and oxygen atoms in total. The molecule has 0 N–H and O–H groups in total. The van der Waals surface area contributed by atoms with E-state index >= 15 is 0 Å². The van der Waals surface area contributed by atoms with E-state index in [9.17, 15) is 9.59 Å². The second kappa shape index (κ2) is 6.32. The van der Waals surface area contributed by atoms with E-state index in [4.69, 9.17) is 9.47 Å². The first-order valence-electron chi connectivity index (χ1n) is 6.98. The summed E-state index contributed by atoms with van der Waals surface area (Å²) in [6, 6.07) is 0. The normalized spacial score (nSPS) is 29.6. The van der Waals surface area contributed by atoms with Gasteiger partial charge in [-0.05, 0) is 44.4 Å². The van der Waals surface area contributed by atoms with Gasteiger partial charge in [0.25, 0.3) is 0 Å². The van der Waals surface area contributed by atoms with E-state index in [-0.39, 0.29) is 24.2 Å². The molecule has 2 fully saturated rings. The largest absolute Gasteiger partial charge is 0.466 e. The van der Waals surface area contributed by atoms with E-state index in [0.717, 1.165) is 19.1 Å². The zero-order valence-corrected chi connectivity index (χ0v) is 11.0. The molecule has 102 valence electrons. The molecule has 1 saturated heterocycles. The Morgan fingerprint density at radius 2 is 2.22 bits per heavy atom. The monoisotopic (exact) mass is 254 g/mol. The molecule has 0 radical (unpaired) electrons. The standard InChI is InChI=1S/C14H22O4/c1-2-17-14(16)12(5-7-15)11-6-8-18-13(9-11)10-3-4-10/h7,10-13H,2-6,8-9H2,1H3/t11-,12-,13+/m1/s1. The molecule has 4 heteroatoms. The minimum absolute atomic E-state index is 0.217. The van der Waals surface area contributed by atoms with Gasteiger partial charge in [0.15, 0.2) is 0 Å². The van der Waals surface area contributed by atoms with Crippen molar-refractivity contribution in [2.24, 2.45) is 17.8 Å². The molecular formula is C14H22O4. The average molecular weight is 254 g/mol. The molecule has 1 aliphatic carbocycles. The van der Waals surface area contributed by atoms with Crippen LogP contribution in [0.25, 0.3) is 0 Å². The molecule has 0 spiro atoms. The maximum absolute atomic E-state index is 11.9. The summed E-state index contributed by atoms with van der Waals surface area (Å²) in [5, 5.41) is 0. The van der Waals surface area contributed by atoms with Crippen molar-refractivity contribution in [1.29, 1.82) is 0 Å². The van der Waals surface area contributed by atoms with E-state index in [1.807, 2.05) is 0 Å². The molecule has 1 aliphatic heterocycles. The van der Waals surface area contributed by atoms with Gasteiger partial charge in [-0.25, -0.2) is 0 Å². The lowest BCUT2D eigenvalue weighted by atomic mass is 9.81. The van der Waals surface area contributed by atoms with E-state index < -0.39 is 0 Å². The van der Waals surface area contributed by atoms with Crippen LogP contribution in [0.2, 0.25) is 0 Å². The minimum Gasteiger partial charge on any atom is -0.466 e. The lowest BCUT2D eigenvalue weighted by molar-refractivity contribution is -0.153. The van der Waals surface area contributed by atoms with Gasteiger partial charge in [0, 0.05) is 13.0 Å². The molecule has 0 bridgehead atoms. The summed E-state index contributed by atoms with van der Waals surface area (Å²) in [5.41, 5.74) is 0. The van der Waals surface area contributed by atoms with Crippen LogP contribution in [-0.2, 0) is 19.1 Å². The van der Waals surface area contributed by atoms with Crippen molar-refractivity contribution in [1.82, 2.24) is 0 Å². The molecule has 0 unspecified atom stereocenters. The second-order valence-corrected chi connectivity index (χ2v) is 5.29. The van der Waals surface area contributed by atoms with Crippen molar-refractivity contribution in [3.63, 3.8) is 0 Å². The molecule has 0 aromatic heterocycles. The summed E-state index contributed by atoms with van der Waals surface area (Å²) >= 11 is 0. The lowest BCUT2D eigenvalue weighted by Crippen LogP contribution is -2.35. The fourth-order valence-electron chi connectivity index (χ4n) is 2.85. The third kappa shape index (κ3) is 3.31. The fourth-order valence-corrected chi connectivity index (χ4v) is 2.85. The van der Waals surface area contributed by atoms with Gasteiger partial charge in [0.2, 0.25) is 0 Å². The maximum atomic E-state index is 11.9. The van der Waals surface area contributed by atoms with Crippen molar-refractivity contribution in [3.8, 4) is 0 Å². The number of rotatable bonds is 6. The number of hydrogen-bond acceptors (Lipinski definition) is 4. The lowest BCUT2D eigenvalue weighted by Gasteiger charge is -2.33. The summed E-state index contributed by atoms with van der Waals surface area (Å²) in [6.45, 7) is 2.89. The van der Waals surface area contributed by atoms with Crippen LogP contribution in [0.1, 0.15) is 39.0 Å². The first kappa shape index (κ1) is 13.5. The molecule has 18 heavy (non-hydrogen) atoms. The van der Waals surface area contributed by atoms with Crippen LogP contribution in [0.3, 0.4) is 0 Å². The first-order chi connectivity index (χ1) is 8.76. The number of carbonyl (C=O) groups is 2. The SMILES string of the molecule is CCOC(=O)[C@H](CC=O)[C@@H]1CCO[C@H](C2CC2)C1. The summed E-state index contributed by atoms with van der Waals surface area (Å²) in [4.78, 5) is 22.7. The molecule has 3 atom stereocenters. The van der Waals surface area contributed by atoms with Crippen LogP contribution in [0, 0.1) is 17.8 Å². The maximum Gasteiger partial charge on any atom is 0.309 e. The highest BCUT2D eigenvalue weighted by atomic mass is 16.5. The minimum atomic E-state index is -0.271. The van der Waals surface area contributed by atoms with Crippen LogP contribution >= 0.6 is 0 Å². The topological polar surface area (TPSA) is 52.6 Å². The van der Waals surface area contributed by atoms with Gasteiger partial charge >= 0.3 is 5.97 Å². The zero-order valence-electron chi connectivity index (χ0n) is 11.0. The number of hydrogen-bond donors (Lipinski definition) is 0. The van der Waals surface area contributed by atoms with Gasteiger partial charge in [-0.1, -0.05) is 0 Å². The van der Waals surface area contributed by atoms with Crippen molar-refractivity contribution in [2.75, 3.05) is 13.2 Å². The van der Waals surface area contributed by atoms with Crippen LogP contribution in [-0.4, -0.2) is 31.6 Å². The van der Waals surface area contributed by atoms with Crippen LogP contribution in [0.15, 0.2) is 0 Å². The highest BCUT2D eigenvalue weighted by Gasteiger charge is 2.39. The smallest absolute Gasteiger partial charge is 0.309 e. The van der Waals surface area contributed by atoms with Crippen molar-refractivity contribution in [2.45, 2.75) is 45.1 Å². The van der Waals surface area contributed by atoms with Crippen LogP contribution in [0.5, 0.6) is 0 Å². The molecule has 1 heterocycles. The first-order valence-corrected chi connectivity index (χ1v) is 6.98. The second-order valence-electron chi connectivity index (χ2n) is 5.29. The Morgan fingerprint density at radius 1 is 1.44 bits per heavy atom. The van der Waals surface area contributed by atoms with E-state index in [2.05, 4.69) is 0 Å². The quantitative estimate of drug-likeness (QED) is 0.537. The Kier molecular flexibility index (Phi) is 4.75. The van der Waals surface area contributed by atoms with Crippen LogP contribution < -0.4 is 0 Å². The fraction of sp³-hybridized carbons (Fsp3) is 0.857. The Hall–Kier alpha value is -0.900. The van der Waals surface area contributed by atoms with Crippen molar-refractivity contribution in [3.05, 3.63) is 0 Å². The van der Waals surface area contributed by atoms with Crippen LogP contribution in [0.4, 0.5) is 0 Å². The average Bonchev–Trinajstić information content (AvgIpc) is 3.20. The zero-order chi connectivity index (χ0) is 13.0. The molecule has 0 aromatic carbocycles. The molecule has 0 amide bonds. The number of ether oxygens (including phenoxy) is 2. The van der Waals surface area contributed by atoms with Gasteiger partial charge < -0.3 is 14.3 Å². The Balaban J connectivity index is 1.95. The van der Waals surface area contributed by atoms with Gasteiger partial charge in [0.05, 0.1) is 18.6 Å². The van der Waals surface area contributed by atoms with Crippen molar-refractivity contribution < 1.29 is 19.1 Å². The van der Waals surface area contributed by atoms with Gasteiger partial charge in [-0.3, -0.25) is 4.79 Å². The third-order valence-corrected chi connectivity index (χ3v) is 4.01. The molecule has 1 saturated carbocycles. The molecular weight excluding hydrogens is 232 g/mol. The Morgan fingerprint density at radius 3 is 2.83 bits per heavy atom. The van der Waals surface area contributed by atoms with Gasteiger partial charge in [-0.2, -0.15) is 0 Å².